The first-order valence-electron chi connectivity index (χ1n) is 6.74. The smallest absolute Gasteiger partial charge is 0.332 e. The summed E-state index contributed by atoms with van der Waals surface area (Å²) < 4.78 is 4.69. The van der Waals surface area contributed by atoms with Crippen molar-refractivity contribution >= 4 is 11.9 Å². The van der Waals surface area contributed by atoms with Crippen molar-refractivity contribution in [1.29, 1.82) is 0 Å². The van der Waals surface area contributed by atoms with E-state index >= 15 is 0 Å². The average Bonchev–Trinajstić information content (AvgIpc) is 2.69. The van der Waals surface area contributed by atoms with Crippen LogP contribution >= 0.6 is 0 Å². The van der Waals surface area contributed by atoms with E-state index in [1.807, 2.05) is 0 Å². The van der Waals surface area contributed by atoms with E-state index < -0.39 is 12.6 Å². The zero-order valence-electron chi connectivity index (χ0n) is 11.0. The number of hydrogen-bond donors (Lipinski definition) is 1. The number of carbonyl (C=O) groups excluding carboxylic acids is 2. The lowest BCUT2D eigenvalue weighted by Gasteiger charge is -2.38. The number of aliphatic hydroxyl groups excluding tert-OH is 1. The summed E-state index contributed by atoms with van der Waals surface area (Å²) in [6.07, 6.45) is 6.28. The molecule has 106 valence electrons. The third-order valence-corrected chi connectivity index (χ3v) is 3.41. The van der Waals surface area contributed by atoms with Crippen LogP contribution in [0.2, 0.25) is 0 Å². The van der Waals surface area contributed by atoms with E-state index in [9.17, 15) is 9.59 Å². The molecule has 0 atom stereocenters. The fraction of sp³-hybridized carbons (Fsp3) is 0.692. The SMILES string of the molecule is O=C(CO)OCC(=O)N1CCCN2CCCCC=C21. The summed E-state index contributed by atoms with van der Waals surface area (Å²) >= 11 is 0. The minimum Gasteiger partial charge on any atom is -0.454 e. The minimum absolute atomic E-state index is 0.223. The molecular weight excluding hydrogens is 248 g/mol. The molecule has 2 aliphatic heterocycles. The molecule has 6 heteroatoms. The summed E-state index contributed by atoms with van der Waals surface area (Å²) in [5.41, 5.74) is 0. The summed E-state index contributed by atoms with van der Waals surface area (Å²) in [7, 11) is 0. The molecule has 2 aliphatic rings. The molecule has 0 radical (unpaired) electrons. The highest BCUT2D eigenvalue weighted by molar-refractivity contribution is 5.82. The lowest BCUT2D eigenvalue weighted by molar-refractivity contribution is -0.154. The Kier molecular flexibility index (Phi) is 4.79. The average molecular weight is 268 g/mol. The van der Waals surface area contributed by atoms with Crippen LogP contribution in [0.1, 0.15) is 25.7 Å². The van der Waals surface area contributed by atoms with Crippen molar-refractivity contribution in [3.05, 3.63) is 11.9 Å². The number of aliphatic hydroxyl groups is 1. The first kappa shape index (κ1) is 13.9. The zero-order valence-corrected chi connectivity index (χ0v) is 11.0. The van der Waals surface area contributed by atoms with Crippen LogP contribution < -0.4 is 0 Å². The van der Waals surface area contributed by atoms with Crippen LogP contribution in [0, 0.1) is 0 Å². The second-order valence-corrected chi connectivity index (χ2v) is 4.76. The van der Waals surface area contributed by atoms with E-state index in [1.165, 1.54) is 0 Å². The highest BCUT2D eigenvalue weighted by Crippen LogP contribution is 2.23. The Morgan fingerprint density at radius 3 is 2.79 bits per heavy atom. The van der Waals surface area contributed by atoms with Gasteiger partial charge in [-0.1, -0.05) is 0 Å². The number of fused-ring (bicyclic) bond motifs is 1. The number of amides is 1. The molecule has 1 amide bonds. The molecule has 0 spiro atoms. The van der Waals surface area contributed by atoms with Crippen molar-refractivity contribution in [3.8, 4) is 0 Å². The maximum absolute atomic E-state index is 12.1. The highest BCUT2D eigenvalue weighted by Gasteiger charge is 2.27. The van der Waals surface area contributed by atoms with Gasteiger partial charge in [-0.15, -0.1) is 0 Å². The molecule has 2 rings (SSSR count). The van der Waals surface area contributed by atoms with Gasteiger partial charge in [-0.2, -0.15) is 0 Å². The van der Waals surface area contributed by atoms with Crippen LogP contribution in [0.4, 0.5) is 0 Å². The molecular formula is C13H20N2O4. The second kappa shape index (κ2) is 6.56. The minimum atomic E-state index is -0.767. The first-order chi connectivity index (χ1) is 9.22. The molecule has 0 bridgehead atoms. The zero-order chi connectivity index (χ0) is 13.7. The van der Waals surface area contributed by atoms with Crippen LogP contribution in [-0.2, 0) is 14.3 Å². The number of allylic oxidation sites excluding steroid dienone is 1. The quantitative estimate of drug-likeness (QED) is 0.734. The van der Waals surface area contributed by atoms with Gasteiger partial charge in [-0.05, 0) is 31.8 Å². The van der Waals surface area contributed by atoms with Crippen molar-refractivity contribution in [1.82, 2.24) is 9.80 Å². The van der Waals surface area contributed by atoms with Crippen LogP contribution in [0.3, 0.4) is 0 Å². The Labute approximate surface area is 112 Å². The standard InChI is InChI=1S/C13H20N2O4/c16-9-13(18)19-10-12(17)15-8-4-7-14-6-3-1-2-5-11(14)15/h5,16H,1-4,6-10H2. The van der Waals surface area contributed by atoms with E-state index in [0.29, 0.717) is 6.54 Å². The number of hydrogen-bond acceptors (Lipinski definition) is 5. The van der Waals surface area contributed by atoms with Crippen LogP contribution in [0.5, 0.6) is 0 Å². The molecule has 0 unspecified atom stereocenters. The van der Waals surface area contributed by atoms with Crippen LogP contribution in [0.25, 0.3) is 0 Å². The molecule has 1 saturated heterocycles. The van der Waals surface area contributed by atoms with Crippen molar-refractivity contribution < 1.29 is 19.4 Å². The van der Waals surface area contributed by atoms with Gasteiger partial charge in [0.1, 0.15) is 12.4 Å². The third-order valence-electron chi connectivity index (χ3n) is 3.41. The van der Waals surface area contributed by atoms with Crippen molar-refractivity contribution in [2.75, 3.05) is 32.8 Å². The maximum Gasteiger partial charge on any atom is 0.332 e. The van der Waals surface area contributed by atoms with Crippen molar-refractivity contribution in [2.24, 2.45) is 0 Å². The lowest BCUT2D eigenvalue weighted by Crippen LogP contribution is -2.46. The monoisotopic (exact) mass is 268 g/mol. The third kappa shape index (κ3) is 3.47. The lowest BCUT2D eigenvalue weighted by atomic mass is 10.2. The normalized spacial score (nSPS) is 19.3. The largest absolute Gasteiger partial charge is 0.454 e. The number of esters is 1. The van der Waals surface area contributed by atoms with Gasteiger partial charge in [0, 0.05) is 19.6 Å². The van der Waals surface area contributed by atoms with E-state index in [2.05, 4.69) is 11.0 Å². The number of rotatable bonds is 3. The van der Waals surface area contributed by atoms with Crippen LogP contribution in [-0.4, -0.2) is 59.6 Å². The van der Waals surface area contributed by atoms with Gasteiger partial charge in [0.2, 0.25) is 0 Å². The summed E-state index contributed by atoms with van der Waals surface area (Å²) in [4.78, 5) is 26.9. The van der Waals surface area contributed by atoms with Crippen molar-refractivity contribution in [2.45, 2.75) is 25.7 Å². The fourth-order valence-electron chi connectivity index (χ4n) is 2.48. The molecule has 0 aromatic heterocycles. The number of nitrogens with zero attached hydrogens (tertiary/aromatic N) is 2. The first-order valence-corrected chi connectivity index (χ1v) is 6.74. The highest BCUT2D eigenvalue weighted by atomic mass is 16.5. The Morgan fingerprint density at radius 1 is 1.21 bits per heavy atom. The summed E-state index contributed by atoms with van der Waals surface area (Å²) in [5, 5.41) is 8.56. The molecule has 0 saturated carbocycles. The molecule has 0 aromatic rings. The molecule has 6 nitrogen and oxygen atoms in total. The van der Waals surface area contributed by atoms with Gasteiger partial charge in [-0.25, -0.2) is 4.79 Å². The Hall–Kier alpha value is -1.56. The Morgan fingerprint density at radius 2 is 2.00 bits per heavy atom. The van der Waals surface area contributed by atoms with E-state index in [1.54, 1.807) is 4.90 Å². The predicted octanol–water partition coefficient (Wildman–Crippen LogP) is 0.0815. The second-order valence-electron chi connectivity index (χ2n) is 4.76. The molecule has 0 aliphatic carbocycles. The Balaban J connectivity index is 1.99. The summed E-state index contributed by atoms with van der Waals surface area (Å²) in [5.74, 6) is -0.0366. The molecule has 0 aromatic carbocycles. The maximum atomic E-state index is 12.1. The number of ether oxygens (including phenoxy) is 1. The Bertz CT molecular complexity index is 381. The van der Waals surface area contributed by atoms with Gasteiger partial charge < -0.3 is 14.7 Å². The predicted molar refractivity (Wildman–Crippen MR) is 67.9 cm³/mol. The molecule has 1 N–H and O–H groups in total. The fourth-order valence-corrected chi connectivity index (χ4v) is 2.48. The van der Waals surface area contributed by atoms with Gasteiger partial charge >= 0.3 is 5.97 Å². The topological polar surface area (TPSA) is 70.1 Å². The van der Waals surface area contributed by atoms with Crippen molar-refractivity contribution in [3.63, 3.8) is 0 Å². The van der Waals surface area contributed by atoms with Gasteiger partial charge in [0.15, 0.2) is 6.61 Å². The van der Waals surface area contributed by atoms with Gasteiger partial charge in [0.05, 0.1) is 0 Å². The molecule has 1 fully saturated rings. The van der Waals surface area contributed by atoms with E-state index in [0.717, 1.165) is 44.6 Å². The summed E-state index contributed by atoms with van der Waals surface area (Å²) in [6.45, 7) is 1.63. The van der Waals surface area contributed by atoms with E-state index in [4.69, 9.17) is 9.84 Å². The van der Waals surface area contributed by atoms with Gasteiger partial charge in [-0.3, -0.25) is 9.69 Å². The molecule has 19 heavy (non-hydrogen) atoms. The van der Waals surface area contributed by atoms with E-state index in [-0.39, 0.29) is 12.5 Å². The summed E-state index contributed by atoms with van der Waals surface area (Å²) in [6, 6.07) is 0. The van der Waals surface area contributed by atoms with Crippen LogP contribution in [0.15, 0.2) is 11.9 Å². The molecule has 2 heterocycles. The van der Waals surface area contributed by atoms with Gasteiger partial charge in [0.25, 0.3) is 5.91 Å². The number of carbonyl (C=O) groups is 2.